The number of rotatable bonds is 5. The molecular weight excluding hydrogens is 252 g/mol. The van der Waals surface area contributed by atoms with Gasteiger partial charge in [0.05, 0.1) is 5.02 Å². The lowest BCUT2D eigenvalue weighted by molar-refractivity contribution is -0.138. The van der Waals surface area contributed by atoms with Crippen molar-refractivity contribution in [2.24, 2.45) is 5.73 Å². The maximum atomic E-state index is 12.6. The van der Waals surface area contributed by atoms with Crippen LogP contribution in [0.2, 0.25) is 5.02 Å². The number of nitrogens with two attached hydrogens (primary N) is 1. The molecule has 17 heavy (non-hydrogen) atoms. The van der Waals surface area contributed by atoms with Crippen molar-refractivity contribution < 1.29 is 18.7 Å². The van der Waals surface area contributed by atoms with Gasteiger partial charge in [0.25, 0.3) is 0 Å². The molecule has 0 saturated carbocycles. The Morgan fingerprint density at radius 3 is 2.18 bits per heavy atom. The van der Waals surface area contributed by atoms with Crippen LogP contribution in [-0.4, -0.2) is 17.1 Å². The molecule has 0 fully saturated rings. The molecule has 6 heteroatoms. The van der Waals surface area contributed by atoms with Gasteiger partial charge in [-0.3, -0.25) is 4.79 Å². The number of hydrogen-bond donors (Lipinski definition) is 2. The average Bonchev–Trinajstić information content (AvgIpc) is 2.30. The molecule has 0 aliphatic carbocycles. The van der Waals surface area contributed by atoms with Gasteiger partial charge in [-0.15, -0.1) is 0 Å². The van der Waals surface area contributed by atoms with E-state index < -0.39 is 25.4 Å². The fourth-order valence-electron chi connectivity index (χ4n) is 1.48. The summed E-state index contributed by atoms with van der Waals surface area (Å²) in [5.41, 5.74) is 6.11. The summed E-state index contributed by atoms with van der Waals surface area (Å²) in [5, 5.41) is 8.70. The fraction of sp³-hybridized carbons (Fsp3) is 0.364. The molecular formula is C11H12ClF2NO2. The topological polar surface area (TPSA) is 63.3 Å². The Bertz CT molecular complexity index is 401. The van der Waals surface area contributed by atoms with Gasteiger partial charge in [0, 0.05) is 11.1 Å². The Morgan fingerprint density at radius 1 is 1.35 bits per heavy atom. The largest absolute Gasteiger partial charge is 0.480 e. The summed E-state index contributed by atoms with van der Waals surface area (Å²) in [7, 11) is 0. The van der Waals surface area contributed by atoms with Crippen molar-refractivity contribution in [3.63, 3.8) is 0 Å². The molecule has 1 aromatic rings. The minimum atomic E-state index is -1.16. The third-order valence-electron chi connectivity index (χ3n) is 2.34. The molecule has 0 spiro atoms. The standard InChI is InChI=1S/C11H12ClF2NO2/c12-10-7(4-13)1-6(2-8(10)5-14)3-9(15)11(16)17/h1-2,9H,3-5,15H2,(H,16,17)/t9-/m0/s1. The molecule has 0 saturated heterocycles. The van der Waals surface area contributed by atoms with E-state index >= 15 is 0 Å². The summed E-state index contributed by atoms with van der Waals surface area (Å²) in [6, 6.07) is 1.71. The average molecular weight is 264 g/mol. The Morgan fingerprint density at radius 2 is 1.82 bits per heavy atom. The van der Waals surface area contributed by atoms with E-state index in [-0.39, 0.29) is 22.6 Å². The first-order valence-electron chi connectivity index (χ1n) is 4.90. The molecule has 0 aliphatic heterocycles. The van der Waals surface area contributed by atoms with E-state index in [4.69, 9.17) is 22.4 Å². The molecule has 94 valence electrons. The lowest BCUT2D eigenvalue weighted by atomic mass is 10.0. The summed E-state index contributed by atoms with van der Waals surface area (Å²) in [4.78, 5) is 10.6. The number of carboxylic acid groups (broad SMARTS) is 1. The molecule has 0 aliphatic rings. The Labute approximate surface area is 102 Å². The maximum Gasteiger partial charge on any atom is 0.320 e. The molecule has 1 aromatic carbocycles. The molecule has 0 amide bonds. The van der Waals surface area contributed by atoms with Crippen LogP contribution in [0.25, 0.3) is 0 Å². The molecule has 3 N–H and O–H groups in total. The molecule has 0 bridgehead atoms. The minimum absolute atomic E-state index is 0.00645. The van der Waals surface area contributed by atoms with Gasteiger partial charge in [0.2, 0.25) is 0 Å². The molecule has 0 heterocycles. The van der Waals surface area contributed by atoms with Gasteiger partial charge in [-0.05, 0) is 12.0 Å². The van der Waals surface area contributed by atoms with E-state index in [1.807, 2.05) is 0 Å². The Hall–Kier alpha value is -1.20. The summed E-state index contributed by atoms with van der Waals surface area (Å²) in [5.74, 6) is -1.16. The lowest BCUT2D eigenvalue weighted by Crippen LogP contribution is -2.32. The van der Waals surface area contributed by atoms with E-state index in [2.05, 4.69) is 0 Å². The van der Waals surface area contributed by atoms with Crippen molar-refractivity contribution >= 4 is 17.6 Å². The van der Waals surface area contributed by atoms with Gasteiger partial charge in [0.15, 0.2) is 0 Å². The fourth-order valence-corrected chi connectivity index (χ4v) is 1.69. The number of alkyl halides is 2. The second-order valence-corrected chi connectivity index (χ2v) is 4.02. The van der Waals surface area contributed by atoms with Crippen LogP contribution in [0.15, 0.2) is 12.1 Å². The zero-order valence-electron chi connectivity index (χ0n) is 8.92. The molecule has 3 nitrogen and oxygen atoms in total. The third-order valence-corrected chi connectivity index (χ3v) is 2.83. The highest BCUT2D eigenvalue weighted by Crippen LogP contribution is 2.25. The van der Waals surface area contributed by atoms with E-state index in [9.17, 15) is 13.6 Å². The Kier molecular flexibility index (Phi) is 4.84. The van der Waals surface area contributed by atoms with Crippen molar-refractivity contribution in [1.82, 2.24) is 0 Å². The number of halogens is 3. The highest BCUT2D eigenvalue weighted by atomic mass is 35.5. The van der Waals surface area contributed by atoms with Crippen molar-refractivity contribution in [1.29, 1.82) is 0 Å². The van der Waals surface area contributed by atoms with Crippen molar-refractivity contribution in [3.8, 4) is 0 Å². The first-order chi connectivity index (χ1) is 7.99. The monoisotopic (exact) mass is 263 g/mol. The summed E-state index contributed by atoms with van der Waals surface area (Å²) in [6.45, 7) is -1.66. The van der Waals surface area contributed by atoms with Gasteiger partial charge >= 0.3 is 5.97 Å². The summed E-state index contributed by atoms with van der Waals surface area (Å²) >= 11 is 5.75. The minimum Gasteiger partial charge on any atom is -0.480 e. The number of hydrogen-bond acceptors (Lipinski definition) is 2. The quantitative estimate of drug-likeness (QED) is 0.856. The predicted molar refractivity (Wildman–Crippen MR) is 60.4 cm³/mol. The second-order valence-electron chi connectivity index (χ2n) is 3.64. The maximum absolute atomic E-state index is 12.6. The van der Waals surface area contributed by atoms with Gasteiger partial charge in [0.1, 0.15) is 19.4 Å². The first-order valence-corrected chi connectivity index (χ1v) is 5.27. The number of aliphatic carboxylic acids is 1. The van der Waals surface area contributed by atoms with E-state index in [1.165, 1.54) is 12.1 Å². The summed E-state index contributed by atoms with van der Waals surface area (Å²) < 4.78 is 25.2. The first kappa shape index (κ1) is 13.9. The highest BCUT2D eigenvalue weighted by Gasteiger charge is 2.15. The second kappa shape index (κ2) is 5.93. The van der Waals surface area contributed by atoms with Crippen molar-refractivity contribution in [3.05, 3.63) is 33.8 Å². The highest BCUT2D eigenvalue weighted by molar-refractivity contribution is 6.32. The van der Waals surface area contributed by atoms with Crippen LogP contribution >= 0.6 is 11.6 Å². The van der Waals surface area contributed by atoms with Crippen LogP contribution in [-0.2, 0) is 24.6 Å². The normalized spacial score (nSPS) is 12.5. The van der Waals surface area contributed by atoms with Crippen LogP contribution in [0.1, 0.15) is 16.7 Å². The molecule has 0 aromatic heterocycles. The number of benzene rings is 1. The number of carbonyl (C=O) groups is 1. The molecule has 1 atom stereocenters. The zero-order chi connectivity index (χ0) is 13.0. The summed E-state index contributed by atoms with van der Waals surface area (Å²) in [6.07, 6.45) is 0.00645. The van der Waals surface area contributed by atoms with E-state index in [1.54, 1.807) is 0 Å². The SMILES string of the molecule is N[C@@H](Cc1cc(CF)c(Cl)c(CF)c1)C(=O)O. The molecule has 0 unspecified atom stereocenters. The van der Waals surface area contributed by atoms with Crippen LogP contribution in [0.3, 0.4) is 0 Å². The zero-order valence-corrected chi connectivity index (χ0v) is 9.68. The van der Waals surface area contributed by atoms with Gasteiger partial charge < -0.3 is 10.8 Å². The van der Waals surface area contributed by atoms with Crippen LogP contribution < -0.4 is 5.73 Å². The van der Waals surface area contributed by atoms with E-state index in [0.29, 0.717) is 5.56 Å². The Balaban J connectivity index is 3.05. The van der Waals surface area contributed by atoms with Crippen LogP contribution in [0.4, 0.5) is 8.78 Å². The van der Waals surface area contributed by atoms with Gasteiger partial charge in [-0.1, -0.05) is 23.7 Å². The van der Waals surface area contributed by atoms with Crippen LogP contribution in [0.5, 0.6) is 0 Å². The smallest absolute Gasteiger partial charge is 0.320 e. The van der Waals surface area contributed by atoms with Crippen molar-refractivity contribution in [2.45, 2.75) is 25.8 Å². The predicted octanol–water partition coefficient (Wildman–Crippen LogP) is 2.23. The lowest BCUT2D eigenvalue weighted by Gasteiger charge is -2.11. The number of carboxylic acids is 1. The van der Waals surface area contributed by atoms with E-state index in [0.717, 1.165) is 0 Å². The third kappa shape index (κ3) is 3.38. The van der Waals surface area contributed by atoms with Crippen LogP contribution in [0, 0.1) is 0 Å². The van der Waals surface area contributed by atoms with Crippen molar-refractivity contribution in [2.75, 3.05) is 0 Å². The van der Waals surface area contributed by atoms with Gasteiger partial charge in [-0.25, -0.2) is 8.78 Å². The molecule has 1 rings (SSSR count). The molecule has 0 radical (unpaired) electrons. The van der Waals surface area contributed by atoms with Gasteiger partial charge in [-0.2, -0.15) is 0 Å².